The number of carbonyl (C=O) groups is 4. The highest BCUT2D eigenvalue weighted by molar-refractivity contribution is 8.00. The van der Waals surface area contributed by atoms with Crippen LogP contribution in [0.2, 0.25) is 0 Å². The van der Waals surface area contributed by atoms with E-state index in [-0.39, 0.29) is 33.8 Å². The lowest BCUT2D eigenvalue weighted by Crippen LogP contribution is -2.71. The Morgan fingerprint density at radius 1 is 1.35 bits per heavy atom. The lowest BCUT2D eigenvalue weighted by atomic mass is 9.92. The highest BCUT2D eigenvalue weighted by Crippen LogP contribution is 2.45. The van der Waals surface area contributed by atoms with Gasteiger partial charge in [-0.2, -0.15) is 0 Å². The number of carboxylic acids is 1. The fraction of sp³-hybridized carbons (Fsp3) is 0.286. The number of rotatable bonds is 6. The van der Waals surface area contributed by atoms with E-state index in [4.69, 9.17) is 10.3 Å². The highest BCUT2D eigenvalue weighted by atomic mass is 32.2. The van der Waals surface area contributed by atoms with E-state index in [9.17, 15) is 29.5 Å². The predicted molar refractivity (Wildman–Crippen MR) is 130 cm³/mol. The molecule has 2 atom stereocenters. The summed E-state index contributed by atoms with van der Waals surface area (Å²) in [6.07, 6.45) is 0.349. The Bertz CT molecular complexity index is 1440. The monoisotopic (exact) mass is 545 g/mol. The minimum Gasteiger partial charge on any atom is -0.477 e. The van der Waals surface area contributed by atoms with Crippen LogP contribution in [0.1, 0.15) is 23.6 Å². The summed E-state index contributed by atoms with van der Waals surface area (Å²) in [5, 5.41) is 32.4. The number of nitrogen functional groups attached to an aromatic ring is 1. The molecule has 6 N–H and O–H groups in total. The van der Waals surface area contributed by atoms with Crippen molar-refractivity contribution in [1.29, 1.82) is 0 Å². The van der Waals surface area contributed by atoms with E-state index in [0.717, 1.165) is 16.2 Å². The Hall–Kier alpha value is -4.18. The maximum absolute atomic E-state index is 13.1. The fourth-order valence-electron chi connectivity index (χ4n) is 4.36. The second-order valence-corrected chi connectivity index (χ2v) is 10.2. The number of oxime groups is 1. The van der Waals surface area contributed by atoms with Crippen LogP contribution in [-0.4, -0.2) is 78.5 Å². The SMILES string of the molecule is Cc1cc(C(=C2CCNC2=O)C2=C(C(=O)O)N3C(=O)[C@@H](NC(=O)C(=NO)c4csc(N)n4)[C@H]3SC2)no1. The normalized spacial score (nSPS) is 22.9. The van der Waals surface area contributed by atoms with Gasteiger partial charge in [-0.3, -0.25) is 19.3 Å². The largest absolute Gasteiger partial charge is 0.477 e. The number of nitrogens with two attached hydrogens (primary N) is 1. The number of anilines is 1. The first-order valence-electron chi connectivity index (χ1n) is 10.8. The number of carbonyl (C=O) groups excluding carboxylic acids is 3. The van der Waals surface area contributed by atoms with Crippen LogP contribution in [0.15, 0.2) is 38.0 Å². The topological polar surface area (TPSA) is 213 Å². The summed E-state index contributed by atoms with van der Waals surface area (Å²) < 4.78 is 5.18. The first-order chi connectivity index (χ1) is 17.7. The molecule has 16 heteroatoms. The molecule has 0 radical (unpaired) electrons. The summed E-state index contributed by atoms with van der Waals surface area (Å²) in [6.45, 7) is 2.05. The number of aryl methyl sites for hydroxylation is 1. The predicted octanol–water partition coefficient (Wildman–Crippen LogP) is -0.0877. The van der Waals surface area contributed by atoms with Gasteiger partial charge in [-0.05, 0) is 13.3 Å². The molecular formula is C21H19N7O7S2. The summed E-state index contributed by atoms with van der Waals surface area (Å²) in [6, 6.07) is 0.514. The van der Waals surface area contributed by atoms with Crippen molar-refractivity contribution in [2.75, 3.05) is 18.0 Å². The molecule has 14 nitrogen and oxygen atoms in total. The number of allylic oxidation sites excluding steroid dienone is 1. The number of carboxylic acid groups (broad SMARTS) is 1. The number of β-lactam (4-membered cyclic amide) rings is 1. The van der Waals surface area contributed by atoms with Gasteiger partial charge in [0.2, 0.25) is 5.91 Å². The van der Waals surface area contributed by atoms with Crippen LogP contribution in [0.5, 0.6) is 0 Å². The van der Waals surface area contributed by atoms with Gasteiger partial charge in [0.15, 0.2) is 10.8 Å². The molecule has 5 rings (SSSR count). The molecule has 0 aliphatic carbocycles. The second-order valence-electron chi connectivity index (χ2n) is 8.20. The maximum Gasteiger partial charge on any atom is 0.352 e. The summed E-state index contributed by atoms with van der Waals surface area (Å²) in [5.74, 6) is -2.68. The van der Waals surface area contributed by atoms with Crippen LogP contribution < -0.4 is 16.4 Å². The average Bonchev–Trinajstić information content (AvgIpc) is 3.60. The number of nitrogens with zero attached hydrogens (tertiary/aromatic N) is 4. The van der Waals surface area contributed by atoms with Gasteiger partial charge in [0.05, 0.1) is 0 Å². The number of thioether (sulfide) groups is 1. The van der Waals surface area contributed by atoms with Crippen molar-refractivity contribution in [2.45, 2.75) is 24.8 Å². The summed E-state index contributed by atoms with van der Waals surface area (Å²) in [7, 11) is 0. The average molecular weight is 546 g/mol. The molecule has 2 aromatic rings. The quantitative estimate of drug-likeness (QED) is 0.106. The minimum absolute atomic E-state index is 0.0323. The third-order valence-corrected chi connectivity index (χ3v) is 7.91. The van der Waals surface area contributed by atoms with E-state index in [2.05, 4.69) is 25.9 Å². The Morgan fingerprint density at radius 3 is 2.70 bits per heavy atom. The van der Waals surface area contributed by atoms with Crippen molar-refractivity contribution >= 4 is 63.2 Å². The molecule has 2 fully saturated rings. The first kappa shape index (κ1) is 24.5. The van der Waals surface area contributed by atoms with Crippen molar-refractivity contribution < 1.29 is 34.0 Å². The highest BCUT2D eigenvalue weighted by Gasteiger charge is 2.55. The molecule has 2 aromatic heterocycles. The number of amides is 3. The van der Waals surface area contributed by atoms with Gasteiger partial charge >= 0.3 is 5.97 Å². The zero-order chi connectivity index (χ0) is 26.4. The number of hydrogen-bond donors (Lipinski definition) is 5. The third-order valence-electron chi connectivity index (χ3n) is 5.96. The smallest absolute Gasteiger partial charge is 0.352 e. The van der Waals surface area contributed by atoms with Crippen molar-refractivity contribution in [3.05, 3.63) is 45.4 Å². The second kappa shape index (κ2) is 9.36. The molecule has 0 spiro atoms. The fourth-order valence-corrected chi connectivity index (χ4v) is 6.27. The van der Waals surface area contributed by atoms with E-state index in [1.807, 2.05) is 0 Å². The molecule has 3 aliphatic rings. The van der Waals surface area contributed by atoms with Gasteiger partial charge in [-0.15, -0.1) is 23.1 Å². The molecule has 3 aliphatic heterocycles. The number of fused-ring (bicyclic) bond motifs is 1. The van der Waals surface area contributed by atoms with Crippen molar-refractivity contribution in [1.82, 2.24) is 25.7 Å². The Morgan fingerprint density at radius 2 is 2.14 bits per heavy atom. The van der Waals surface area contributed by atoms with Crippen LogP contribution in [-0.2, 0) is 19.2 Å². The molecule has 3 amide bonds. The Balaban J connectivity index is 1.48. The summed E-state index contributed by atoms with van der Waals surface area (Å²) in [4.78, 5) is 55.8. The molecular weight excluding hydrogens is 526 g/mol. The van der Waals surface area contributed by atoms with Gasteiger partial charge in [0.25, 0.3) is 11.8 Å². The number of nitrogens with one attached hydrogen (secondary N) is 2. The summed E-state index contributed by atoms with van der Waals surface area (Å²) >= 11 is 2.25. The van der Waals surface area contributed by atoms with Crippen LogP contribution in [0.25, 0.3) is 5.57 Å². The molecule has 192 valence electrons. The van der Waals surface area contributed by atoms with Crippen LogP contribution in [0.4, 0.5) is 5.13 Å². The molecule has 5 heterocycles. The van der Waals surface area contributed by atoms with Crippen LogP contribution in [0.3, 0.4) is 0 Å². The van der Waals surface area contributed by atoms with Gasteiger partial charge in [-0.25, -0.2) is 9.78 Å². The van der Waals surface area contributed by atoms with E-state index in [0.29, 0.717) is 35.6 Å². The Labute approximate surface area is 216 Å². The third kappa shape index (κ3) is 4.13. The molecule has 0 saturated carbocycles. The molecule has 37 heavy (non-hydrogen) atoms. The number of aliphatic carboxylic acids is 1. The Kier molecular flexibility index (Phi) is 6.20. The van der Waals surface area contributed by atoms with Gasteiger partial charge in [0, 0.05) is 40.5 Å². The molecule has 0 bridgehead atoms. The zero-order valence-corrected chi connectivity index (χ0v) is 20.7. The van der Waals surface area contributed by atoms with Gasteiger partial charge in [0.1, 0.15) is 34.3 Å². The molecule has 0 aromatic carbocycles. The lowest BCUT2D eigenvalue weighted by molar-refractivity contribution is -0.150. The van der Waals surface area contributed by atoms with Crippen molar-refractivity contribution in [3.8, 4) is 0 Å². The number of aromatic nitrogens is 2. The van der Waals surface area contributed by atoms with E-state index < -0.39 is 34.9 Å². The van der Waals surface area contributed by atoms with Crippen LogP contribution in [0, 0.1) is 6.92 Å². The van der Waals surface area contributed by atoms with Crippen molar-refractivity contribution in [3.63, 3.8) is 0 Å². The number of thiazole rings is 1. The minimum atomic E-state index is -1.37. The van der Waals surface area contributed by atoms with Crippen LogP contribution >= 0.6 is 23.1 Å². The van der Waals surface area contributed by atoms with E-state index >= 15 is 0 Å². The summed E-state index contributed by atoms with van der Waals surface area (Å²) in [5.41, 5.74) is 6.08. The molecule has 0 unspecified atom stereocenters. The van der Waals surface area contributed by atoms with E-state index in [1.54, 1.807) is 13.0 Å². The number of hydrogen-bond acceptors (Lipinski definition) is 12. The van der Waals surface area contributed by atoms with Crippen molar-refractivity contribution in [2.24, 2.45) is 5.16 Å². The molecule has 2 saturated heterocycles. The van der Waals surface area contributed by atoms with Gasteiger partial charge < -0.3 is 31.2 Å². The maximum atomic E-state index is 13.1. The lowest BCUT2D eigenvalue weighted by Gasteiger charge is -2.49. The van der Waals surface area contributed by atoms with Gasteiger partial charge in [-0.1, -0.05) is 10.3 Å². The zero-order valence-electron chi connectivity index (χ0n) is 19.0. The van der Waals surface area contributed by atoms with E-state index in [1.165, 1.54) is 17.1 Å². The standard InChI is InChI=1S/C21H19N7O7S2/c1-7-4-10(27-35-7)12(8-2-3-23-16(8)29)9-5-36-19-14(18(31)28(19)15(9)20(32)33)25-17(30)13(26-34)11-6-37-21(22)24-11/h4,6,14,19,34H,2-3,5H2,1H3,(H2,22,24)(H,23,29)(H,25,30)(H,32,33)/t14-,19-/m1/s1. The first-order valence-corrected chi connectivity index (χ1v) is 12.7.